The molecular weight excluding hydrogens is 418 g/mol. The van der Waals surface area contributed by atoms with E-state index in [2.05, 4.69) is 5.32 Å². The Morgan fingerprint density at radius 3 is 2.32 bits per heavy atom. The van der Waals surface area contributed by atoms with Gasteiger partial charge in [0.25, 0.3) is 5.91 Å². The average molecular weight is 442 g/mol. The van der Waals surface area contributed by atoms with Gasteiger partial charge >= 0.3 is 5.97 Å². The first-order valence-electron chi connectivity index (χ1n) is 9.59. The van der Waals surface area contributed by atoms with Crippen LogP contribution in [0.1, 0.15) is 39.9 Å². The number of nitrogens with one attached hydrogen (secondary N) is 1. The molecule has 1 amide bonds. The second-order valence-electron chi connectivity index (χ2n) is 7.06. The molecule has 0 radical (unpaired) electrons. The molecule has 0 fully saturated rings. The van der Waals surface area contributed by atoms with Crippen molar-refractivity contribution in [3.05, 3.63) is 89.4 Å². The number of carbonyl (C=O) groups excluding carboxylic acids is 2. The number of amides is 1. The van der Waals surface area contributed by atoms with Gasteiger partial charge in [0.05, 0.1) is 24.5 Å². The molecule has 0 unspecified atom stereocenters. The van der Waals surface area contributed by atoms with Gasteiger partial charge in [-0.25, -0.2) is 8.42 Å². The van der Waals surface area contributed by atoms with E-state index in [4.69, 9.17) is 9.15 Å². The molecule has 3 aromatic rings. The van der Waals surface area contributed by atoms with Crippen molar-refractivity contribution >= 4 is 21.7 Å². The van der Waals surface area contributed by atoms with Crippen LogP contribution in [0.2, 0.25) is 0 Å². The maximum Gasteiger partial charge on any atom is 0.307 e. The Balaban J connectivity index is 1.75. The van der Waals surface area contributed by atoms with Crippen LogP contribution in [0.4, 0.5) is 0 Å². The SMILES string of the molecule is COC(=O)C[C@H](NC(=O)c1ccc(CS(=O)(=O)c2ccccc2)o1)c1ccc(C)cc1. The lowest BCUT2D eigenvalue weighted by atomic mass is 10.0. The quantitative estimate of drug-likeness (QED) is 0.536. The largest absolute Gasteiger partial charge is 0.469 e. The number of hydrogen-bond acceptors (Lipinski definition) is 6. The smallest absolute Gasteiger partial charge is 0.307 e. The normalized spacial score (nSPS) is 12.2. The van der Waals surface area contributed by atoms with Crippen molar-refractivity contribution in [1.29, 1.82) is 0 Å². The molecule has 1 aromatic heterocycles. The van der Waals surface area contributed by atoms with Crippen LogP contribution in [0.15, 0.2) is 76.0 Å². The van der Waals surface area contributed by atoms with Crippen molar-refractivity contribution in [2.45, 2.75) is 30.0 Å². The number of hydrogen-bond donors (Lipinski definition) is 1. The highest BCUT2D eigenvalue weighted by molar-refractivity contribution is 7.90. The van der Waals surface area contributed by atoms with Crippen molar-refractivity contribution in [3.63, 3.8) is 0 Å². The summed E-state index contributed by atoms with van der Waals surface area (Å²) in [6, 6.07) is 17.7. The van der Waals surface area contributed by atoms with Gasteiger partial charge in [0.1, 0.15) is 11.5 Å². The molecule has 0 saturated heterocycles. The van der Waals surface area contributed by atoms with E-state index in [-0.39, 0.29) is 28.6 Å². The summed E-state index contributed by atoms with van der Waals surface area (Å²) < 4.78 is 35.2. The number of ether oxygens (including phenoxy) is 1. The summed E-state index contributed by atoms with van der Waals surface area (Å²) in [4.78, 5) is 24.7. The van der Waals surface area contributed by atoms with Crippen LogP contribution in [0.3, 0.4) is 0 Å². The van der Waals surface area contributed by atoms with Crippen LogP contribution in [0.25, 0.3) is 0 Å². The minimum Gasteiger partial charge on any atom is -0.469 e. The van der Waals surface area contributed by atoms with E-state index in [0.717, 1.165) is 11.1 Å². The molecule has 162 valence electrons. The Bertz CT molecular complexity index is 1150. The maximum atomic E-state index is 12.7. The van der Waals surface area contributed by atoms with Gasteiger partial charge in [-0.05, 0) is 36.8 Å². The molecular formula is C23H23NO6S. The zero-order valence-corrected chi connectivity index (χ0v) is 18.0. The second kappa shape index (κ2) is 9.61. The summed E-state index contributed by atoms with van der Waals surface area (Å²) in [7, 11) is -2.32. The topological polar surface area (TPSA) is 103 Å². The van der Waals surface area contributed by atoms with Gasteiger partial charge in [-0.15, -0.1) is 0 Å². The summed E-state index contributed by atoms with van der Waals surface area (Å²) in [5.41, 5.74) is 1.78. The molecule has 0 spiro atoms. The van der Waals surface area contributed by atoms with Crippen LogP contribution in [0, 0.1) is 6.92 Å². The fourth-order valence-corrected chi connectivity index (χ4v) is 4.27. The fraction of sp³-hybridized carbons (Fsp3) is 0.217. The van der Waals surface area contributed by atoms with Crippen molar-refractivity contribution in [2.75, 3.05) is 7.11 Å². The molecule has 1 atom stereocenters. The van der Waals surface area contributed by atoms with Gasteiger partial charge < -0.3 is 14.5 Å². The third-order valence-corrected chi connectivity index (χ3v) is 6.36. The molecule has 0 aliphatic heterocycles. The number of sulfone groups is 1. The van der Waals surface area contributed by atoms with Gasteiger partial charge in [0.15, 0.2) is 15.6 Å². The predicted molar refractivity (Wildman–Crippen MR) is 114 cm³/mol. The third kappa shape index (κ3) is 5.82. The molecule has 8 heteroatoms. The first-order chi connectivity index (χ1) is 14.8. The van der Waals surface area contributed by atoms with E-state index in [1.54, 1.807) is 18.2 Å². The lowest BCUT2D eigenvalue weighted by Crippen LogP contribution is -2.30. The van der Waals surface area contributed by atoms with Crippen LogP contribution in [0.5, 0.6) is 0 Å². The van der Waals surface area contributed by atoms with Crippen LogP contribution < -0.4 is 5.32 Å². The Morgan fingerprint density at radius 2 is 1.68 bits per heavy atom. The predicted octanol–water partition coefficient (Wildman–Crippen LogP) is 3.60. The molecule has 1 N–H and O–H groups in total. The summed E-state index contributed by atoms with van der Waals surface area (Å²) >= 11 is 0. The maximum absolute atomic E-state index is 12.7. The van der Waals surface area contributed by atoms with Gasteiger partial charge in [-0.1, -0.05) is 48.0 Å². The van der Waals surface area contributed by atoms with Crippen LogP contribution >= 0.6 is 0 Å². The van der Waals surface area contributed by atoms with Gasteiger partial charge in [-0.3, -0.25) is 9.59 Å². The van der Waals surface area contributed by atoms with Crippen molar-refractivity contribution in [3.8, 4) is 0 Å². The standard InChI is InChI=1S/C23H23NO6S/c1-16-8-10-17(11-9-16)20(14-22(25)29-2)24-23(26)21-13-12-18(30-21)15-31(27,28)19-6-4-3-5-7-19/h3-13,20H,14-15H2,1-2H3,(H,24,26)/t20-/m0/s1. The summed E-state index contributed by atoms with van der Waals surface area (Å²) in [5, 5.41) is 2.76. The number of carbonyl (C=O) groups is 2. The number of benzene rings is 2. The third-order valence-electron chi connectivity index (χ3n) is 4.70. The molecule has 7 nitrogen and oxygen atoms in total. The van der Waals surface area contributed by atoms with Crippen LogP contribution in [-0.4, -0.2) is 27.4 Å². The highest BCUT2D eigenvalue weighted by Crippen LogP contribution is 2.21. The van der Waals surface area contributed by atoms with E-state index in [1.165, 1.54) is 31.4 Å². The number of esters is 1. The highest BCUT2D eigenvalue weighted by atomic mass is 32.2. The Kier molecular flexibility index (Phi) is 6.91. The molecule has 0 aliphatic rings. The molecule has 3 rings (SSSR count). The molecule has 0 saturated carbocycles. The Labute approximate surface area is 181 Å². The zero-order valence-electron chi connectivity index (χ0n) is 17.2. The number of rotatable bonds is 8. The average Bonchev–Trinajstić information content (AvgIpc) is 3.22. The molecule has 0 aliphatic carbocycles. The van der Waals surface area contributed by atoms with E-state index >= 15 is 0 Å². The molecule has 0 bridgehead atoms. The van der Waals surface area contributed by atoms with Crippen molar-refractivity contribution < 1.29 is 27.2 Å². The van der Waals surface area contributed by atoms with E-state index in [0.29, 0.717) is 0 Å². The van der Waals surface area contributed by atoms with Crippen molar-refractivity contribution in [2.24, 2.45) is 0 Å². The van der Waals surface area contributed by atoms with E-state index in [9.17, 15) is 18.0 Å². The van der Waals surface area contributed by atoms with E-state index < -0.39 is 27.8 Å². The molecule has 1 heterocycles. The van der Waals surface area contributed by atoms with Crippen LogP contribution in [-0.2, 0) is 25.1 Å². The van der Waals surface area contributed by atoms with Gasteiger partial charge in [-0.2, -0.15) is 0 Å². The lowest BCUT2D eigenvalue weighted by Gasteiger charge is -2.17. The Morgan fingerprint density at radius 1 is 1.00 bits per heavy atom. The zero-order chi connectivity index (χ0) is 22.4. The first kappa shape index (κ1) is 22.3. The number of furan rings is 1. The fourth-order valence-electron chi connectivity index (χ4n) is 3.01. The van der Waals surface area contributed by atoms with E-state index in [1.807, 2.05) is 31.2 Å². The second-order valence-corrected chi connectivity index (χ2v) is 9.04. The first-order valence-corrected chi connectivity index (χ1v) is 11.2. The minimum absolute atomic E-state index is 0.0414. The highest BCUT2D eigenvalue weighted by Gasteiger charge is 2.23. The summed E-state index contributed by atoms with van der Waals surface area (Å²) in [6.45, 7) is 1.94. The lowest BCUT2D eigenvalue weighted by molar-refractivity contribution is -0.141. The minimum atomic E-state index is -3.60. The number of methoxy groups -OCH3 is 1. The molecule has 2 aromatic carbocycles. The monoisotopic (exact) mass is 441 g/mol. The van der Waals surface area contributed by atoms with Crippen molar-refractivity contribution in [1.82, 2.24) is 5.32 Å². The Hall–Kier alpha value is -3.39. The summed E-state index contributed by atoms with van der Waals surface area (Å²) in [6.07, 6.45) is -0.0543. The van der Waals surface area contributed by atoms with Gasteiger partial charge in [0.2, 0.25) is 0 Å². The molecule has 31 heavy (non-hydrogen) atoms. The van der Waals surface area contributed by atoms with Gasteiger partial charge in [0, 0.05) is 0 Å². The summed E-state index contributed by atoms with van der Waals surface area (Å²) in [5.74, 6) is -1.29. The number of aryl methyl sites for hydroxylation is 1.